The van der Waals surface area contributed by atoms with Crippen molar-refractivity contribution in [1.29, 1.82) is 0 Å². The average Bonchev–Trinajstić information content (AvgIpc) is 2.66. The Balaban J connectivity index is 1.81. The zero-order valence-electron chi connectivity index (χ0n) is 16.3. The molecule has 1 aliphatic rings. The number of likely N-dealkylation sites (tertiary alicyclic amines) is 1. The molecule has 3 nitrogen and oxygen atoms in total. The van der Waals surface area contributed by atoms with Gasteiger partial charge in [-0.15, -0.1) is 0 Å². The number of carbonyl (C=O) groups excluding carboxylic acids is 1. The van der Waals surface area contributed by atoms with Crippen LogP contribution in [0.5, 0.6) is 0 Å². The van der Waals surface area contributed by atoms with E-state index in [9.17, 15) is 4.79 Å². The van der Waals surface area contributed by atoms with Crippen molar-refractivity contribution in [3.05, 3.63) is 65.7 Å². The van der Waals surface area contributed by atoms with Gasteiger partial charge in [-0.2, -0.15) is 0 Å². The molecule has 1 aliphatic heterocycles. The molecule has 1 amide bonds. The molecule has 1 fully saturated rings. The molecule has 27 heavy (non-hydrogen) atoms. The molecule has 2 aromatic carbocycles. The minimum Gasteiger partial charge on any atom is -0.338 e. The van der Waals surface area contributed by atoms with E-state index in [1.54, 1.807) is 0 Å². The minimum atomic E-state index is 0.125. The molecule has 2 atom stereocenters. The number of fused-ring (bicyclic) bond motifs is 1. The molecule has 1 saturated heterocycles. The number of aryl methyl sites for hydroxylation is 1. The molecule has 0 aliphatic carbocycles. The quantitative estimate of drug-likeness (QED) is 0.620. The lowest BCUT2D eigenvalue weighted by Crippen LogP contribution is -2.42. The number of aromatic nitrogens is 1. The first-order valence-electron chi connectivity index (χ1n) is 9.77. The summed E-state index contributed by atoms with van der Waals surface area (Å²) < 4.78 is 0. The van der Waals surface area contributed by atoms with Crippen LogP contribution < -0.4 is 0 Å². The second-order valence-electron chi connectivity index (χ2n) is 8.09. The van der Waals surface area contributed by atoms with Crippen LogP contribution in [0.3, 0.4) is 0 Å². The zero-order chi connectivity index (χ0) is 19.0. The highest BCUT2D eigenvalue weighted by atomic mass is 16.2. The molecule has 3 aromatic rings. The van der Waals surface area contributed by atoms with E-state index in [2.05, 4.69) is 45.0 Å². The lowest BCUT2D eigenvalue weighted by Gasteiger charge is -2.35. The monoisotopic (exact) mass is 358 g/mol. The number of hydrogen-bond donors (Lipinski definition) is 0. The van der Waals surface area contributed by atoms with Gasteiger partial charge in [-0.1, -0.05) is 61.9 Å². The predicted octanol–water partition coefficient (Wildman–Crippen LogP) is 5.33. The number of rotatable bonds is 2. The van der Waals surface area contributed by atoms with Crippen LogP contribution >= 0.6 is 0 Å². The van der Waals surface area contributed by atoms with E-state index in [0.717, 1.165) is 40.8 Å². The van der Waals surface area contributed by atoms with Gasteiger partial charge in [-0.25, -0.2) is 4.98 Å². The van der Waals surface area contributed by atoms with Crippen LogP contribution in [0.2, 0.25) is 0 Å². The third-order valence-electron chi connectivity index (χ3n) is 5.45. The molecule has 2 unspecified atom stereocenters. The van der Waals surface area contributed by atoms with Crippen LogP contribution in [0.15, 0.2) is 54.6 Å². The number of pyridine rings is 1. The summed E-state index contributed by atoms with van der Waals surface area (Å²) in [6, 6.07) is 18.2. The van der Waals surface area contributed by atoms with E-state index in [1.165, 1.54) is 12.0 Å². The Kier molecular flexibility index (Phi) is 4.69. The van der Waals surface area contributed by atoms with Crippen LogP contribution in [0.4, 0.5) is 0 Å². The first-order valence-corrected chi connectivity index (χ1v) is 9.77. The van der Waals surface area contributed by atoms with Crippen molar-refractivity contribution < 1.29 is 4.79 Å². The van der Waals surface area contributed by atoms with E-state index in [0.29, 0.717) is 11.8 Å². The van der Waals surface area contributed by atoms with Gasteiger partial charge in [-0.05, 0) is 37.3 Å². The zero-order valence-corrected chi connectivity index (χ0v) is 16.3. The molecule has 0 saturated carbocycles. The fourth-order valence-corrected chi connectivity index (χ4v) is 4.22. The topological polar surface area (TPSA) is 33.2 Å². The molecule has 0 spiro atoms. The summed E-state index contributed by atoms with van der Waals surface area (Å²) in [5.74, 6) is 1.21. The van der Waals surface area contributed by atoms with Crippen LogP contribution in [-0.2, 0) is 0 Å². The number of carbonyl (C=O) groups is 1. The average molecular weight is 358 g/mol. The van der Waals surface area contributed by atoms with Gasteiger partial charge in [0, 0.05) is 24.0 Å². The summed E-state index contributed by atoms with van der Waals surface area (Å²) in [5.41, 5.74) is 4.75. The van der Waals surface area contributed by atoms with Gasteiger partial charge in [0.2, 0.25) is 0 Å². The number of piperidine rings is 1. The molecule has 1 aromatic heterocycles. The molecule has 3 heteroatoms. The predicted molar refractivity (Wildman–Crippen MR) is 111 cm³/mol. The number of para-hydroxylation sites is 1. The number of benzene rings is 2. The van der Waals surface area contributed by atoms with E-state index >= 15 is 0 Å². The van der Waals surface area contributed by atoms with E-state index < -0.39 is 0 Å². The summed E-state index contributed by atoms with van der Waals surface area (Å²) in [7, 11) is 0. The second-order valence-corrected chi connectivity index (χ2v) is 8.09. The summed E-state index contributed by atoms with van der Waals surface area (Å²) >= 11 is 0. The summed E-state index contributed by atoms with van der Waals surface area (Å²) in [6.45, 7) is 8.21. The molecule has 0 radical (unpaired) electrons. The van der Waals surface area contributed by atoms with E-state index in [1.807, 2.05) is 35.2 Å². The summed E-state index contributed by atoms with van der Waals surface area (Å²) in [5, 5.41) is 0.934. The van der Waals surface area contributed by atoms with Gasteiger partial charge >= 0.3 is 0 Å². The number of nitrogens with zero attached hydrogens (tertiary/aromatic N) is 2. The molecule has 0 bridgehead atoms. The van der Waals surface area contributed by atoms with E-state index in [-0.39, 0.29) is 5.91 Å². The van der Waals surface area contributed by atoms with Crippen molar-refractivity contribution in [3.8, 4) is 11.3 Å². The Labute approximate surface area is 161 Å². The molecular weight excluding hydrogens is 332 g/mol. The van der Waals surface area contributed by atoms with Crippen LogP contribution in [0, 0.1) is 18.8 Å². The van der Waals surface area contributed by atoms with E-state index in [4.69, 9.17) is 4.98 Å². The molecule has 2 heterocycles. The first kappa shape index (κ1) is 17.7. The molecule has 138 valence electrons. The van der Waals surface area contributed by atoms with Crippen LogP contribution in [-0.4, -0.2) is 28.9 Å². The Morgan fingerprint density at radius 2 is 1.67 bits per heavy atom. The van der Waals surface area contributed by atoms with Gasteiger partial charge in [0.25, 0.3) is 5.91 Å². The SMILES string of the molecule is Cc1ccc(-c2cc(C(=O)N3CC(C)CC(C)C3)c3ccccc3n2)cc1. The third-order valence-corrected chi connectivity index (χ3v) is 5.45. The largest absolute Gasteiger partial charge is 0.338 e. The lowest BCUT2D eigenvalue weighted by atomic mass is 9.91. The molecule has 0 N–H and O–H groups in total. The molecular formula is C24H26N2O. The maximum Gasteiger partial charge on any atom is 0.254 e. The first-order chi connectivity index (χ1) is 13.0. The van der Waals surface area contributed by atoms with Crippen molar-refractivity contribution in [3.63, 3.8) is 0 Å². The number of hydrogen-bond acceptors (Lipinski definition) is 2. The lowest BCUT2D eigenvalue weighted by molar-refractivity contribution is 0.0625. The van der Waals surface area contributed by atoms with Crippen LogP contribution in [0.25, 0.3) is 22.2 Å². The maximum absolute atomic E-state index is 13.4. The molecule has 4 rings (SSSR count). The Morgan fingerprint density at radius 1 is 1.00 bits per heavy atom. The van der Waals surface area contributed by atoms with Gasteiger partial charge in [0.05, 0.1) is 16.8 Å². The normalized spacial score (nSPS) is 20.0. The van der Waals surface area contributed by atoms with Gasteiger partial charge in [0.1, 0.15) is 0 Å². The van der Waals surface area contributed by atoms with Gasteiger partial charge in [-0.3, -0.25) is 4.79 Å². The maximum atomic E-state index is 13.4. The van der Waals surface area contributed by atoms with Crippen molar-refractivity contribution in [2.75, 3.05) is 13.1 Å². The Bertz CT molecular complexity index is 967. The van der Waals surface area contributed by atoms with Crippen molar-refractivity contribution in [2.24, 2.45) is 11.8 Å². The van der Waals surface area contributed by atoms with Crippen LogP contribution in [0.1, 0.15) is 36.2 Å². The highest BCUT2D eigenvalue weighted by Crippen LogP contribution is 2.28. The van der Waals surface area contributed by atoms with Crippen molar-refractivity contribution in [2.45, 2.75) is 27.2 Å². The fraction of sp³-hybridized carbons (Fsp3) is 0.333. The smallest absolute Gasteiger partial charge is 0.254 e. The van der Waals surface area contributed by atoms with Crippen molar-refractivity contribution >= 4 is 16.8 Å². The second kappa shape index (κ2) is 7.15. The standard InChI is InChI=1S/C24H26N2O/c1-16-8-10-19(11-9-16)23-13-21(20-6-4-5-7-22(20)25-23)24(27)26-14-17(2)12-18(3)15-26/h4-11,13,17-18H,12,14-15H2,1-3H3. The third kappa shape index (κ3) is 3.59. The fourth-order valence-electron chi connectivity index (χ4n) is 4.22. The van der Waals surface area contributed by atoms with Crippen molar-refractivity contribution in [1.82, 2.24) is 9.88 Å². The van der Waals surface area contributed by atoms with Gasteiger partial charge in [0.15, 0.2) is 0 Å². The summed E-state index contributed by atoms with van der Waals surface area (Å²) in [4.78, 5) is 20.3. The Morgan fingerprint density at radius 3 is 2.37 bits per heavy atom. The Hall–Kier alpha value is -2.68. The summed E-state index contributed by atoms with van der Waals surface area (Å²) in [6.07, 6.45) is 1.19. The van der Waals surface area contributed by atoms with Gasteiger partial charge < -0.3 is 4.90 Å². The minimum absolute atomic E-state index is 0.125. The highest BCUT2D eigenvalue weighted by Gasteiger charge is 2.27. The highest BCUT2D eigenvalue weighted by molar-refractivity contribution is 6.07. The number of amides is 1.